The lowest BCUT2D eigenvalue weighted by Gasteiger charge is -2.26. The highest BCUT2D eigenvalue weighted by Crippen LogP contribution is 2.39. The van der Waals surface area contributed by atoms with Gasteiger partial charge in [0.1, 0.15) is 11.9 Å². The predicted octanol–water partition coefficient (Wildman–Crippen LogP) is 3.78. The van der Waals surface area contributed by atoms with Crippen molar-refractivity contribution >= 4 is 11.4 Å². The molecule has 1 heterocycles. The molecule has 1 unspecified atom stereocenters. The summed E-state index contributed by atoms with van der Waals surface area (Å²) in [5.74, 6) is -0.375. The molecule has 0 bridgehead atoms. The molecule has 0 spiro atoms. The Hall–Kier alpha value is -2.34. The van der Waals surface area contributed by atoms with Crippen molar-refractivity contribution < 1.29 is 4.39 Å². The van der Waals surface area contributed by atoms with Crippen molar-refractivity contribution in [1.82, 2.24) is 0 Å². The highest BCUT2D eigenvalue weighted by Gasteiger charge is 2.28. The Labute approximate surface area is 111 Å². The van der Waals surface area contributed by atoms with E-state index in [1.807, 2.05) is 18.2 Å². The van der Waals surface area contributed by atoms with Gasteiger partial charge in [-0.2, -0.15) is 5.26 Å². The number of anilines is 2. The Bertz CT molecular complexity index is 673. The van der Waals surface area contributed by atoms with E-state index in [1.54, 1.807) is 6.07 Å². The van der Waals surface area contributed by atoms with Gasteiger partial charge in [0.15, 0.2) is 0 Å². The quantitative estimate of drug-likeness (QED) is 0.772. The van der Waals surface area contributed by atoms with E-state index in [0.717, 1.165) is 17.8 Å². The zero-order chi connectivity index (χ0) is 13.4. The van der Waals surface area contributed by atoms with Gasteiger partial charge in [0.05, 0.1) is 11.3 Å². The van der Waals surface area contributed by atoms with Gasteiger partial charge >= 0.3 is 0 Å². The molecule has 2 aromatic carbocycles. The van der Waals surface area contributed by atoms with Crippen molar-refractivity contribution in [2.45, 2.75) is 19.4 Å². The Morgan fingerprint density at radius 3 is 2.79 bits per heavy atom. The Kier molecular flexibility index (Phi) is 2.72. The zero-order valence-corrected chi connectivity index (χ0v) is 10.6. The second-order valence-electron chi connectivity index (χ2n) is 4.83. The molecule has 94 valence electrons. The van der Waals surface area contributed by atoms with Gasteiger partial charge in [-0.25, -0.2) is 4.39 Å². The summed E-state index contributed by atoms with van der Waals surface area (Å²) in [6.45, 7) is 2.12. The van der Waals surface area contributed by atoms with E-state index in [-0.39, 0.29) is 11.9 Å². The molecule has 0 radical (unpaired) electrons. The van der Waals surface area contributed by atoms with E-state index in [0.29, 0.717) is 5.56 Å². The molecule has 1 aliphatic heterocycles. The zero-order valence-electron chi connectivity index (χ0n) is 10.6. The molecule has 2 aromatic rings. The number of nitriles is 1. The molecule has 0 fully saturated rings. The Morgan fingerprint density at radius 1 is 1.21 bits per heavy atom. The van der Waals surface area contributed by atoms with Gasteiger partial charge in [0.2, 0.25) is 0 Å². The Morgan fingerprint density at radius 2 is 2.00 bits per heavy atom. The van der Waals surface area contributed by atoms with Crippen LogP contribution in [0.25, 0.3) is 0 Å². The first-order valence-electron chi connectivity index (χ1n) is 6.27. The van der Waals surface area contributed by atoms with Crippen molar-refractivity contribution in [1.29, 1.82) is 5.26 Å². The smallest absolute Gasteiger partial charge is 0.124 e. The lowest BCUT2D eigenvalue weighted by molar-refractivity contribution is 0.627. The summed E-state index contributed by atoms with van der Waals surface area (Å²) < 4.78 is 13.2. The number of fused-ring (bicyclic) bond motifs is 1. The lowest BCUT2D eigenvalue weighted by atomic mass is 10.1. The number of para-hydroxylation sites is 1. The molecule has 1 aliphatic rings. The molecule has 2 nitrogen and oxygen atoms in total. The minimum atomic E-state index is -0.375. The summed E-state index contributed by atoms with van der Waals surface area (Å²) in [6, 6.07) is 14.9. The summed E-state index contributed by atoms with van der Waals surface area (Å²) in [7, 11) is 0. The predicted molar refractivity (Wildman–Crippen MR) is 72.9 cm³/mol. The molecule has 19 heavy (non-hydrogen) atoms. The van der Waals surface area contributed by atoms with Crippen LogP contribution in [-0.4, -0.2) is 6.04 Å². The molecule has 0 saturated heterocycles. The van der Waals surface area contributed by atoms with Crippen molar-refractivity contribution in [3.05, 3.63) is 59.4 Å². The number of nitrogens with zero attached hydrogens (tertiary/aromatic N) is 2. The second-order valence-corrected chi connectivity index (χ2v) is 4.83. The minimum Gasteiger partial charge on any atom is -0.337 e. The van der Waals surface area contributed by atoms with Gasteiger partial charge in [-0.3, -0.25) is 0 Å². The first kappa shape index (κ1) is 11.7. The summed E-state index contributed by atoms with van der Waals surface area (Å²) in [5.41, 5.74) is 3.53. The SMILES string of the molecule is CC1Cc2ccccc2N1c1ccc(F)cc1C#N. The van der Waals surface area contributed by atoms with Crippen LogP contribution in [0.2, 0.25) is 0 Å². The Balaban J connectivity index is 2.15. The van der Waals surface area contributed by atoms with Gasteiger partial charge in [-0.15, -0.1) is 0 Å². The summed E-state index contributed by atoms with van der Waals surface area (Å²) >= 11 is 0. The number of benzene rings is 2. The van der Waals surface area contributed by atoms with Crippen molar-refractivity contribution in [3.63, 3.8) is 0 Å². The fourth-order valence-corrected chi connectivity index (χ4v) is 2.74. The van der Waals surface area contributed by atoms with Gasteiger partial charge in [-0.1, -0.05) is 18.2 Å². The molecular formula is C16H13FN2. The van der Waals surface area contributed by atoms with Crippen LogP contribution in [0.3, 0.4) is 0 Å². The topological polar surface area (TPSA) is 27.0 Å². The van der Waals surface area contributed by atoms with E-state index >= 15 is 0 Å². The third-order valence-corrected chi connectivity index (χ3v) is 3.55. The maximum Gasteiger partial charge on any atom is 0.124 e. The molecule has 0 N–H and O–H groups in total. The van der Waals surface area contributed by atoms with Crippen molar-refractivity contribution in [2.75, 3.05) is 4.90 Å². The molecule has 3 rings (SSSR count). The van der Waals surface area contributed by atoms with E-state index in [4.69, 9.17) is 0 Å². The third kappa shape index (κ3) is 1.86. The van der Waals surface area contributed by atoms with E-state index in [2.05, 4.69) is 24.0 Å². The third-order valence-electron chi connectivity index (χ3n) is 3.55. The van der Waals surface area contributed by atoms with E-state index in [1.165, 1.54) is 17.7 Å². The van der Waals surface area contributed by atoms with Crippen LogP contribution in [0.1, 0.15) is 18.1 Å². The summed E-state index contributed by atoms with van der Waals surface area (Å²) in [4.78, 5) is 2.12. The normalized spacial score (nSPS) is 17.1. The van der Waals surface area contributed by atoms with Gasteiger partial charge in [0.25, 0.3) is 0 Å². The van der Waals surface area contributed by atoms with E-state index in [9.17, 15) is 9.65 Å². The fourth-order valence-electron chi connectivity index (χ4n) is 2.74. The number of rotatable bonds is 1. The van der Waals surface area contributed by atoms with Gasteiger partial charge in [0, 0.05) is 11.7 Å². The van der Waals surface area contributed by atoms with Gasteiger partial charge < -0.3 is 4.90 Å². The first-order chi connectivity index (χ1) is 9.20. The summed E-state index contributed by atoms with van der Waals surface area (Å²) in [6.07, 6.45) is 0.943. The molecule has 1 atom stereocenters. The van der Waals surface area contributed by atoms with E-state index < -0.39 is 0 Å². The molecule has 0 aliphatic carbocycles. The highest BCUT2D eigenvalue weighted by molar-refractivity contribution is 5.74. The van der Waals surface area contributed by atoms with Crippen LogP contribution in [-0.2, 0) is 6.42 Å². The lowest BCUT2D eigenvalue weighted by Crippen LogP contribution is -2.24. The van der Waals surface area contributed by atoms with Crippen molar-refractivity contribution in [2.24, 2.45) is 0 Å². The van der Waals surface area contributed by atoms with Crippen LogP contribution in [0.15, 0.2) is 42.5 Å². The fraction of sp³-hybridized carbons (Fsp3) is 0.188. The molecular weight excluding hydrogens is 239 g/mol. The maximum absolute atomic E-state index is 13.2. The average Bonchev–Trinajstić information content (AvgIpc) is 2.74. The van der Waals surface area contributed by atoms with Crippen LogP contribution >= 0.6 is 0 Å². The van der Waals surface area contributed by atoms with Crippen LogP contribution < -0.4 is 4.90 Å². The molecule has 0 aromatic heterocycles. The monoisotopic (exact) mass is 252 g/mol. The largest absolute Gasteiger partial charge is 0.337 e. The number of hydrogen-bond acceptors (Lipinski definition) is 2. The molecule has 3 heteroatoms. The highest BCUT2D eigenvalue weighted by atomic mass is 19.1. The van der Waals surface area contributed by atoms with Crippen LogP contribution in [0, 0.1) is 17.1 Å². The minimum absolute atomic E-state index is 0.273. The maximum atomic E-state index is 13.2. The average molecular weight is 252 g/mol. The first-order valence-corrected chi connectivity index (χ1v) is 6.27. The number of halogens is 1. The second kappa shape index (κ2) is 4.40. The molecule has 0 amide bonds. The number of hydrogen-bond donors (Lipinski definition) is 0. The van der Waals surface area contributed by atoms with Crippen molar-refractivity contribution in [3.8, 4) is 6.07 Å². The van der Waals surface area contributed by atoms with Gasteiger partial charge in [-0.05, 0) is 43.2 Å². The summed E-state index contributed by atoms with van der Waals surface area (Å²) in [5, 5.41) is 9.19. The van der Waals surface area contributed by atoms with Crippen LogP contribution in [0.4, 0.5) is 15.8 Å². The standard InChI is InChI=1S/C16H13FN2/c1-11-8-12-4-2-3-5-15(12)19(11)16-7-6-14(17)9-13(16)10-18/h2-7,9,11H,8H2,1H3. The molecule has 0 saturated carbocycles. The van der Waals surface area contributed by atoms with Crippen LogP contribution in [0.5, 0.6) is 0 Å².